The average Bonchev–Trinajstić information content (AvgIpc) is 3.44. The number of methoxy groups -OCH3 is 2. The van der Waals surface area contributed by atoms with Crippen molar-refractivity contribution in [3.05, 3.63) is 35.4 Å². The van der Waals surface area contributed by atoms with Crippen LogP contribution in [0.25, 0.3) is 5.69 Å². The molecule has 1 fully saturated rings. The van der Waals surface area contributed by atoms with E-state index in [4.69, 9.17) is 25.8 Å². The van der Waals surface area contributed by atoms with E-state index in [0.29, 0.717) is 29.7 Å². The van der Waals surface area contributed by atoms with Gasteiger partial charge in [-0.3, -0.25) is 9.29 Å². The molecule has 0 aromatic carbocycles. The highest BCUT2D eigenvalue weighted by Crippen LogP contribution is 2.40. The van der Waals surface area contributed by atoms with Crippen LogP contribution >= 0.6 is 11.6 Å². The fourth-order valence-electron chi connectivity index (χ4n) is 4.14. The molecule has 0 saturated carbocycles. The Labute approximate surface area is 220 Å². The molecular weight excluding hydrogens is 524 g/mol. The zero-order valence-electron chi connectivity index (χ0n) is 21.3. The molecule has 13 nitrogen and oxygen atoms in total. The molecule has 1 saturated heterocycles. The predicted octanol–water partition coefficient (Wildman–Crippen LogP) is 2.73. The maximum Gasteiger partial charge on any atom is 0.245 e. The summed E-state index contributed by atoms with van der Waals surface area (Å²) in [5.74, 6) is 0.297. The number of nitrogens with one attached hydrogen (secondary N) is 1. The minimum atomic E-state index is -4.01. The predicted molar refractivity (Wildman–Crippen MR) is 135 cm³/mol. The van der Waals surface area contributed by atoms with Crippen LogP contribution in [0.15, 0.2) is 18.7 Å². The van der Waals surface area contributed by atoms with Gasteiger partial charge in [-0.1, -0.05) is 18.5 Å². The Morgan fingerprint density at radius 2 is 1.73 bits per heavy atom. The first-order valence-electron chi connectivity index (χ1n) is 11.5. The average molecular weight is 553 g/mol. The minimum Gasteiger partial charge on any atom is -0.479 e. The molecule has 1 aliphatic heterocycles. The maximum atomic E-state index is 13.5. The van der Waals surface area contributed by atoms with Gasteiger partial charge in [-0.15, -0.1) is 10.2 Å². The number of halogens is 1. The SMILES string of the molecule is COc1ncnc(OC)c1-n1c(NS(=O)(=O)C(C)C(C)c2ncc(Cl)cn2)nnc1[C@H]1COC(C)(C)C1. The second-order valence-electron chi connectivity index (χ2n) is 9.33. The third-order valence-corrected chi connectivity index (χ3v) is 8.36. The first-order chi connectivity index (χ1) is 17.5. The highest BCUT2D eigenvalue weighted by molar-refractivity contribution is 7.93. The number of anilines is 1. The summed E-state index contributed by atoms with van der Waals surface area (Å²) in [6.07, 6.45) is 4.77. The summed E-state index contributed by atoms with van der Waals surface area (Å²) in [4.78, 5) is 16.7. The molecule has 0 spiro atoms. The number of sulfonamides is 1. The first-order valence-corrected chi connectivity index (χ1v) is 13.4. The highest BCUT2D eigenvalue weighted by Gasteiger charge is 2.39. The fourth-order valence-corrected chi connectivity index (χ4v) is 5.47. The summed E-state index contributed by atoms with van der Waals surface area (Å²) in [7, 11) is -1.13. The van der Waals surface area contributed by atoms with E-state index in [1.165, 1.54) is 37.5 Å². The summed E-state index contributed by atoms with van der Waals surface area (Å²) in [6.45, 7) is 7.61. The second kappa shape index (κ2) is 10.3. The molecule has 37 heavy (non-hydrogen) atoms. The van der Waals surface area contributed by atoms with Gasteiger partial charge in [-0.2, -0.15) is 9.97 Å². The van der Waals surface area contributed by atoms with E-state index < -0.39 is 21.2 Å². The van der Waals surface area contributed by atoms with Gasteiger partial charge in [0.15, 0.2) is 5.69 Å². The Balaban J connectivity index is 1.78. The van der Waals surface area contributed by atoms with E-state index in [9.17, 15) is 8.42 Å². The van der Waals surface area contributed by atoms with E-state index in [2.05, 4.69) is 34.9 Å². The number of hydrogen-bond donors (Lipinski definition) is 1. The molecule has 2 unspecified atom stereocenters. The van der Waals surface area contributed by atoms with Crippen molar-refractivity contribution in [3.63, 3.8) is 0 Å². The molecule has 3 aromatic heterocycles. The lowest BCUT2D eigenvalue weighted by Crippen LogP contribution is -2.31. The number of hydrogen-bond acceptors (Lipinski definition) is 11. The van der Waals surface area contributed by atoms with E-state index in [1.54, 1.807) is 13.8 Å². The third kappa shape index (κ3) is 5.45. The Kier molecular flexibility index (Phi) is 7.53. The van der Waals surface area contributed by atoms with Gasteiger partial charge in [0.1, 0.15) is 18.0 Å². The number of nitrogens with zero attached hydrogens (tertiary/aromatic N) is 7. The van der Waals surface area contributed by atoms with Gasteiger partial charge >= 0.3 is 0 Å². The van der Waals surface area contributed by atoms with Crippen molar-refractivity contribution in [2.24, 2.45) is 0 Å². The van der Waals surface area contributed by atoms with E-state index in [1.807, 2.05) is 13.8 Å². The monoisotopic (exact) mass is 552 g/mol. The lowest BCUT2D eigenvalue weighted by atomic mass is 9.97. The van der Waals surface area contributed by atoms with Crippen molar-refractivity contribution >= 4 is 27.6 Å². The van der Waals surface area contributed by atoms with E-state index >= 15 is 0 Å². The molecule has 200 valence electrons. The van der Waals surface area contributed by atoms with Crippen LogP contribution in [0.5, 0.6) is 11.8 Å². The molecular formula is C22H29ClN8O5S. The zero-order chi connectivity index (χ0) is 27.0. The summed E-state index contributed by atoms with van der Waals surface area (Å²) >= 11 is 5.88. The van der Waals surface area contributed by atoms with Crippen LogP contribution < -0.4 is 14.2 Å². The number of ether oxygens (including phenoxy) is 3. The summed E-state index contributed by atoms with van der Waals surface area (Å²) < 4.78 is 48.0. The molecule has 0 bridgehead atoms. The van der Waals surface area contributed by atoms with Gasteiger partial charge in [0.05, 0.1) is 36.7 Å². The van der Waals surface area contributed by atoms with Crippen molar-refractivity contribution in [2.45, 2.75) is 56.8 Å². The minimum absolute atomic E-state index is 0.0674. The van der Waals surface area contributed by atoms with E-state index in [0.717, 1.165) is 0 Å². The van der Waals surface area contributed by atoms with Crippen molar-refractivity contribution in [1.82, 2.24) is 34.7 Å². The fraction of sp³-hybridized carbons (Fsp3) is 0.545. The molecule has 15 heteroatoms. The lowest BCUT2D eigenvalue weighted by molar-refractivity contribution is 0.0360. The van der Waals surface area contributed by atoms with Crippen LogP contribution in [0.3, 0.4) is 0 Å². The number of rotatable bonds is 9. The van der Waals surface area contributed by atoms with Crippen molar-refractivity contribution in [1.29, 1.82) is 0 Å². The van der Waals surface area contributed by atoms with Gasteiger partial charge in [-0.25, -0.2) is 18.4 Å². The zero-order valence-corrected chi connectivity index (χ0v) is 22.9. The summed E-state index contributed by atoms with van der Waals surface area (Å²) in [6, 6.07) is 0. The topological polar surface area (TPSA) is 156 Å². The Hall–Kier alpha value is -3.10. The molecule has 3 atom stereocenters. The second-order valence-corrected chi connectivity index (χ2v) is 11.8. The van der Waals surface area contributed by atoms with Gasteiger partial charge in [-0.05, 0) is 27.2 Å². The smallest absolute Gasteiger partial charge is 0.245 e. The molecule has 0 amide bonds. The molecule has 0 radical (unpaired) electrons. The van der Waals surface area contributed by atoms with Gasteiger partial charge in [0.25, 0.3) is 0 Å². The van der Waals surface area contributed by atoms with Crippen molar-refractivity contribution in [2.75, 3.05) is 25.5 Å². The Morgan fingerprint density at radius 1 is 1.11 bits per heavy atom. The summed E-state index contributed by atoms with van der Waals surface area (Å²) in [5.41, 5.74) is -0.123. The molecule has 4 heterocycles. The van der Waals surface area contributed by atoms with E-state index in [-0.39, 0.29) is 34.9 Å². The van der Waals surface area contributed by atoms with Crippen LogP contribution in [0, 0.1) is 0 Å². The molecule has 4 rings (SSSR count). The summed E-state index contributed by atoms with van der Waals surface area (Å²) in [5, 5.41) is 7.97. The lowest BCUT2D eigenvalue weighted by Gasteiger charge is -2.21. The van der Waals surface area contributed by atoms with Crippen LogP contribution in [0.1, 0.15) is 57.6 Å². The number of aromatic nitrogens is 7. The van der Waals surface area contributed by atoms with Crippen molar-refractivity contribution < 1.29 is 22.6 Å². The normalized spacial score (nSPS) is 18.8. The van der Waals surface area contributed by atoms with Crippen LogP contribution in [-0.2, 0) is 14.8 Å². The van der Waals surface area contributed by atoms with Crippen LogP contribution in [-0.4, -0.2) is 74.8 Å². The van der Waals surface area contributed by atoms with Crippen LogP contribution in [0.4, 0.5) is 5.95 Å². The van der Waals surface area contributed by atoms with Gasteiger partial charge in [0, 0.05) is 24.2 Å². The van der Waals surface area contributed by atoms with Crippen molar-refractivity contribution in [3.8, 4) is 17.4 Å². The first kappa shape index (κ1) is 26.9. The standard InChI is InChI=1S/C22H29ClN8O5S/c1-12(17-24-8-15(23)9-25-17)13(2)37(32,33)30-21-29-28-18(14-7-22(3,4)36-10-14)31(21)16-19(34-5)26-11-27-20(16)35-6/h8-9,11-14H,7,10H2,1-6H3,(H,29,30)/t12?,13?,14-/m1/s1. The largest absolute Gasteiger partial charge is 0.479 e. The highest BCUT2D eigenvalue weighted by atomic mass is 35.5. The molecule has 1 aliphatic rings. The van der Waals surface area contributed by atoms with Gasteiger partial charge < -0.3 is 14.2 Å². The molecule has 3 aromatic rings. The maximum absolute atomic E-state index is 13.5. The third-order valence-electron chi connectivity index (χ3n) is 6.31. The van der Waals surface area contributed by atoms with Crippen LogP contribution in [0.2, 0.25) is 5.02 Å². The Bertz CT molecular complexity index is 1340. The quantitative estimate of drug-likeness (QED) is 0.416. The van der Waals surface area contributed by atoms with Gasteiger partial charge in [0.2, 0.25) is 27.7 Å². The molecule has 0 aliphatic carbocycles. The molecule has 1 N–H and O–H groups in total. The Morgan fingerprint density at radius 3 is 2.27 bits per heavy atom.